The van der Waals surface area contributed by atoms with E-state index in [1.165, 1.54) is 24.3 Å². The van der Waals surface area contributed by atoms with Crippen molar-refractivity contribution in [2.45, 2.75) is 13.0 Å². The number of carbonyl (C=O) groups is 1. The van der Waals surface area contributed by atoms with E-state index in [9.17, 15) is 9.18 Å². The molecule has 0 aliphatic rings. The molecule has 2 rings (SSSR count). The smallest absolute Gasteiger partial charge is 0.260 e. The highest BCUT2D eigenvalue weighted by atomic mass is 19.1. The van der Waals surface area contributed by atoms with Crippen molar-refractivity contribution < 1.29 is 23.4 Å². The van der Waals surface area contributed by atoms with Crippen molar-refractivity contribution in [1.82, 2.24) is 5.32 Å². The summed E-state index contributed by atoms with van der Waals surface area (Å²) >= 11 is 0. The summed E-state index contributed by atoms with van der Waals surface area (Å²) in [5, 5.41) is 2.72. The van der Waals surface area contributed by atoms with Gasteiger partial charge in [-0.2, -0.15) is 0 Å². The summed E-state index contributed by atoms with van der Waals surface area (Å²) in [6.45, 7) is 2.29. The summed E-state index contributed by atoms with van der Waals surface area (Å²) in [6, 6.07) is 12.7. The summed E-state index contributed by atoms with van der Waals surface area (Å²) in [6.07, 6.45) is -0.688. The van der Waals surface area contributed by atoms with Crippen molar-refractivity contribution in [1.29, 1.82) is 0 Å². The normalized spacial score (nSPS) is 11.5. The first-order valence-corrected chi connectivity index (χ1v) is 7.55. The van der Waals surface area contributed by atoms with E-state index < -0.39 is 6.10 Å². The van der Waals surface area contributed by atoms with Crippen LogP contribution in [-0.2, 0) is 4.79 Å². The molecule has 6 heteroatoms. The Morgan fingerprint density at radius 2 is 1.83 bits per heavy atom. The van der Waals surface area contributed by atoms with Gasteiger partial charge in [0.05, 0.1) is 13.7 Å². The maximum Gasteiger partial charge on any atom is 0.260 e. The maximum atomic E-state index is 12.8. The van der Waals surface area contributed by atoms with Crippen LogP contribution in [0.2, 0.25) is 0 Å². The summed E-state index contributed by atoms with van der Waals surface area (Å²) in [5.74, 6) is 1.19. The van der Waals surface area contributed by atoms with E-state index in [1.54, 1.807) is 20.1 Å². The first-order valence-electron chi connectivity index (χ1n) is 7.55. The summed E-state index contributed by atoms with van der Waals surface area (Å²) in [4.78, 5) is 11.9. The van der Waals surface area contributed by atoms with Gasteiger partial charge >= 0.3 is 0 Å². The van der Waals surface area contributed by atoms with E-state index >= 15 is 0 Å². The fourth-order valence-electron chi connectivity index (χ4n) is 1.95. The molecule has 1 atom stereocenters. The molecule has 0 radical (unpaired) electrons. The van der Waals surface area contributed by atoms with Gasteiger partial charge in [0, 0.05) is 6.07 Å². The van der Waals surface area contributed by atoms with E-state index in [1.807, 2.05) is 18.2 Å². The van der Waals surface area contributed by atoms with Crippen LogP contribution < -0.4 is 19.5 Å². The Bertz CT molecular complexity index is 660. The number of amides is 1. The highest BCUT2D eigenvalue weighted by Gasteiger charge is 2.14. The molecule has 0 fully saturated rings. The number of hydrogen-bond donors (Lipinski definition) is 1. The third-order valence-electron chi connectivity index (χ3n) is 3.21. The Labute approximate surface area is 140 Å². The second-order valence-corrected chi connectivity index (χ2v) is 5.03. The molecule has 0 saturated carbocycles. The molecule has 0 spiro atoms. The van der Waals surface area contributed by atoms with Gasteiger partial charge in [0.1, 0.15) is 29.7 Å². The third-order valence-corrected chi connectivity index (χ3v) is 3.21. The number of carbonyl (C=O) groups excluding carboxylic acids is 1. The molecule has 5 nitrogen and oxygen atoms in total. The van der Waals surface area contributed by atoms with Gasteiger partial charge in [0.15, 0.2) is 6.10 Å². The van der Waals surface area contributed by atoms with Gasteiger partial charge in [0.2, 0.25) is 0 Å². The molecule has 0 aliphatic carbocycles. The zero-order valence-corrected chi connectivity index (χ0v) is 13.6. The Balaban J connectivity index is 1.71. The lowest BCUT2D eigenvalue weighted by Gasteiger charge is -2.15. The highest BCUT2D eigenvalue weighted by molar-refractivity contribution is 5.80. The van der Waals surface area contributed by atoms with E-state index in [2.05, 4.69) is 5.32 Å². The van der Waals surface area contributed by atoms with Crippen LogP contribution in [0.15, 0.2) is 48.5 Å². The van der Waals surface area contributed by atoms with Crippen LogP contribution in [0.3, 0.4) is 0 Å². The quantitative estimate of drug-likeness (QED) is 0.755. The van der Waals surface area contributed by atoms with E-state index in [-0.39, 0.29) is 11.7 Å². The number of hydrogen-bond acceptors (Lipinski definition) is 4. The molecular formula is C18H20FNO4. The van der Waals surface area contributed by atoms with Crippen LogP contribution in [0, 0.1) is 5.82 Å². The van der Waals surface area contributed by atoms with E-state index in [4.69, 9.17) is 14.2 Å². The minimum Gasteiger partial charge on any atom is -0.497 e. The van der Waals surface area contributed by atoms with Crippen LogP contribution in [0.5, 0.6) is 17.2 Å². The second kappa shape index (κ2) is 8.76. The number of benzene rings is 2. The number of methoxy groups -OCH3 is 1. The van der Waals surface area contributed by atoms with Crippen molar-refractivity contribution in [3.8, 4) is 17.2 Å². The first kappa shape index (κ1) is 17.6. The molecule has 24 heavy (non-hydrogen) atoms. The van der Waals surface area contributed by atoms with Crippen molar-refractivity contribution in [2.24, 2.45) is 0 Å². The Morgan fingerprint density at radius 1 is 1.12 bits per heavy atom. The zero-order valence-electron chi connectivity index (χ0n) is 13.6. The second-order valence-electron chi connectivity index (χ2n) is 5.03. The Kier molecular flexibility index (Phi) is 6.42. The largest absolute Gasteiger partial charge is 0.497 e. The number of nitrogens with one attached hydrogen (secondary N) is 1. The molecule has 1 amide bonds. The summed E-state index contributed by atoms with van der Waals surface area (Å²) in [5.41, 5.74) is 0. The summed E-state index contributed by atoms with van der Waals surface area (Å²) in [7, 11) is 1.59. The van der Waals surface area contributed by atoms with Gasteiger partial charge in [-0.15, -0.1) is 0 Å². The van der Waals surface area contributed by atoms with Gasteiger partial charge in [-0.1, -0.05) is 6.07 Å². The lowest BCUT2D eigenvalue weighted by atomic mass is 10.3. The Morgan fingerprint density at radius 3 is 2.54 bits per heavy atom. The molecule has 2 aromatic carbocycles. The molecule has 0 aliphatic heterocycles. The van der Waals surface area contributed by atoms with Crippen molar-refractivity contribution >= 4 is 5.91 Å². The lowest BCUT2D eigenvalue weighted by Crippen LogP contribution is -2.38. The van der Waals surface area contributed by atoms with Crippen LogP contribution in [-0.4, -0.2) is 32.3 Å². The molecule has 2 aromatic rings. The fraction of sp³-hybridized carbons (Fsp3) is 0.278. The van der Waals surface area contributed by atoms with Crippen molar-refractivity contribution in [3.05, 3.63) is 54.3 Å². The predicted octanol–water partition coefficient (Wildman–Crippen LogP) is 2.80. The molecule has 0 saturated heterocycles. The number of ether oxygens (including phenoxy) is 3. The predicted molar refractivity (Wildman–Crippen MR) is 88.0 cm³/mol. The highest BCUT2D eigenvalue weighted by Crippen LogP contribution is 2.18. The van der Waals surface area contributed by atoms with Crippen LogP contribution in [0.1, 0.15) is 6.92 Å². The molecule has 1 N–H and O–H groups in total. The van der Waals surface area contributed by atoms with Crippen LogP contribution in [0.4, 0.5) is 4.39 Å². The SMILES string of the molecule is COc1cccc(OCCNC(=O)[C@@H](C)Oc2ccc(F)cc2)c1. The van der Waals surface area contributed by atoms with Gasteiger partial charge in [-0.05, 0) is 43.3 Å². The van der Waals surface area contributed by atoms with E-state index in [0.29, 0.717) is 30.4 Å². The van der Waals surface area contributed by atoms with E-state index in [0.717, 1.165) is 0 Å². The first-order chi connectivity index (χ1) is 11.6. The zero-order chi connectivity index (χ0) is 17.4. The molecule has 0 unspecified atom stereocenters. The van der Waals surface area contributed by atoms with Crippen molar-refractivity contribution in [3.63, 3.8) is 0 Å². The molecule has 0 heterocycles. The monoisotopic (exact) mass is 333 g/mol. The van der Waals surface area contributed by atoms with Crippen molar-refractivity contribution in [2.75, 3.05) is 20.3 Å². The standard InChI is InChI=1S/C18H20FNO4/c1-13(24-15-8-6-14(19)7-9-15)18(21)20-10-11-23-17-5-3-4-16(12-17)22-2/h3-9,12-13H,10-11H2,1-2H3,(H,20,21)/t13-/m1/s1. The van der Waals surface area contributed by atoms with Crippen LogP contribution in [0.25, 0.3) is 0 Å². The number of rotatable bonds is 8. The lowest BCUT2D eigenvalue weighted by molar-refractivity contribution is -0.127. The molecule has 128 valence electrons. The Hall–Kier alpha value is -2.76. The number of halogens is 1. The van der Waals surface area contributed by atoms with Crippen LogP contribution >= 0.6 is 0 Å². The molecule has 0 bridgehead atoms. The molecular weight excluding hydrogens is 313 g/mol. The third kappa shape index (κ3) is 5.46. The van der Waals surface area contributed by atoms with Gasteiger partial charge in [0.25, 0.3) is 5.91 Å². The van der Waals surface area contributed by atoms with Gasteiger partial charge in [-0.3, -0.25) is 4.79 Å². The minimum atomic E-state index is -0.688. The molecule has 0 aromatic heterocycles. The minimum absolute atomic E-state index is 0.270. The summed E-state index contributed by atoms with van der Waals surface area (Å²) < 4.78 is 28.9. The van der Waals surface area contributed by atoms with Gasteiger partial charge in [-0.25, -0.2) is 4.39 Å². The maximum absolute atomic E-state index is 12.8. The van der Waals surface area contributed by atoms with Gasteiger partial charge < -0.3 is 19.5 Å². The average Bonchev–Trinajstić information content (AvgIpc) is 2.60. The topological polar surface area (TPSA) is 56.8 Å². The average molecular weight is 333 g/mol. The fourth-order valence-corrected chi connectivity index (χ4v) is 1.95.